The average molecular weight is 263 g/mol. The fourth-order valence-electron chi connectivity index (χ4n) is 3.11. The summed E-state index contributed by atoms with van der Waals surface area (Å²) in [6.45, 7) is 4.78. The van der Waals surface area contributed by atoms with Gasteiger partial charge in [0.2, 0.25) is 5.91 Å². The first-order valence-electron chi connectivity index (χ1n) is 7.43. The largest absolute Gasteiger partial charge is 0.388 e. The van der Waals surface area contributed by atoms with E-state index in [1.807, 2.05) is 30.9 Å². The first-order valence-corrected chi connectivity index (χ1v) is 7.43. The van der Waals surface area contributed by atoms with Crippen molar-refractivity contribution < 1.29 is 9.90 Å². The maximum absolute atomic E-state index is 11.6. The van der Waals surface area contributed by atoms with Crippen LogP contribution in [0.3, 0.4) is 0 Å². The van der Waals surface area contributed by atoms with E-state index in [1.165, 1.54) is 12.8 Å². The van der Waals surface area contributed by atoms with Gasteiger partial charge >= 0.3 is 0 Å². The molecule has 3 heteroatoms. The van der Waals surface area contributed by atoms with Gasteiger partial charge in [-0.05, 0) is 50.7 Å². The number of hydrogen-bond acceptors (Lipinski definition) is 2. The molecule has 0 aromatic carbocycles. The molecule has 1 aliphatic carbocycles. The van der Waals surface area contributed by atoms with Crippen LogP contribution in [-0.4, -0.2) is 28.6 Å². The van der Waals surface area contributed by atoms with E-state index in [4.69, 9.17) is 0 Å². The fourth-order valence-corrected chi connectivity index (χ4v) is 3.11. The molecular formula is C16H25NO2. The highest BCUT2D eigenvalue weighted by Gasteiger charge is 2.24. The summed E-state index contributed by atoms with van der Waals surface area (Å²) in [5, 5.41) is 10.3. The summed E-state index contributed by atoms with van der Waals surface area (Å²) in [5.41, 5.74) is 2.00. The van der Waals surface area contributed by atoms with Gasteiger partial charge in [0.25, 0.3) is 0 Å². The van der Waals surface area contributed by atoms with Gasteiger partial charge in [-0.25, -0.2) is 0 Å². The number of allylic oxidation sites excluding steroid dienone is 3. The zero-order valence-electron chi connectivity index (χ0n) is 12.1. The molecule has 0 radical (unpaired) electrons. The van der Waals surface area contributed by atoms with E-state index in [1.54, 1.807) is 0 Å². The molecule has 0 aromatic heterocycles. The van der Waals surface area contributed by atoms with Crippen LogP contribution in [0, 0.1) is 5.92 Å². The van der Waals surface area contributed by atoms with Crippen molar-refractivity contribution in [3.05, 3.63) is 23.4 Å². The standard InChI is InChI=1S/C16H25NO2/c1-12(16(19)14-6-3-4-7-14)9-10-13(2)17-11-5-8-15(17)18/h9-10,14,16,19H,3-8,11H2,1-2H3/b12-9+,13-10+. The van der Waals surface area contributed by atoms with Crippen molar-refractivity contribution in [2.75, 3.05) is 6.54 Å². The molecular weight excluding hydrogens is 238 g/mol. The molecule has 1 atom stereocenters. The Balaban J connectivity index is 1.97. The second-order valence-electron chi connectivity index (χ2n) is 5.86. The normalized spacial score (nSPS) is 24.4. The van der Waals surface area contributed by atoms with Crippen molar-refractivity contribution in [3.63, 3.8) is 0 Å². The number of rotatable bonds is 4. The monoisotopic (exact) mass is 263 g/mol. The zero-order chi connectivity index (χ0) is 13.8. The van der Waals surface area contributed by atoms with Gasteiger partial charge in [0, 0.05) is 18.7 Å². The number of nitrogens with zero attached hydrogens (tertiary/aromatic N) is 1. The van der Waals surface area contributed by atoms with Gasteiger partial charge in [0.1, 0.15) is 0 Å². The van der Waals surface area contributed by atoms with Crippen LogP contribution in [0.2, 0.25) is 0 Å². The van der Waals surface area contributed by atoms with E-state index in [2.05, 4.69) is 0 Å². The van der Waals surface area contributed by atoms with Gasteiger partial charge in [-0.2, -0.15) is 0 Å². The van der Waals surface area contributed by atoms with Gasteiger partial charge in [0.05, 0.1) is 6.10 Å². The summed E-state index contributed by atoms with van der Waals surface area (Å²) in [6, 6.07) is 0. The van der Waals surface area contributed by atoms with Gasteiger partial charge in [0.15, 0.2) is 0 Å². The molecule has 2 aliphatic rings. The maximum Gasteiger partial charge on any atom is 0.226 e. The predicted molar refractivity (Wildman–Crippen MR) is 76.4 cm³/mol. The highest BCUT2D eigenvalue weighted by molar-refractivity contribution is 5.79. The number of carbonyl (C=O) groups excluding carboxylic acids is 1. The molecule has 3 nitrogen and oxygen atoms in total. The van der Waals surface area contributed by atoms with Crippen molar-refractivity contribution in [1.29, 1.82) is 0 Å². The average Bonchev–Trinajstić information content (AvgIpc) is 3.05. The van der Waals surface area contributed by atoms with E-state index in [0.717, 1.165) is 37.1 Å². The van der Waals surface area contributed by atoms with E-state index in [-0.39, 0.29) is 12.0 Å². The number of likely N-dealkylation sites (tertiary alicyclic amines) is 1. The zero-order valence-corrected chi connectivity index (χ0v) is 12.1. The summed E-state index contributed by atoms with van der Waals surface area (Å²) >= 11 is 0. The van der Waals surface area contributed by atoms with Gasteiger partial charge in [-0.1, -0.05) is 18.9 Å². The third-order valence-corrected chi connectivity index (χ3v) is 4.40. The Morgan fingerprint density at radius 3 is 2.53 bits per heavy atom. The second kappa shape index (κ2) is 6.38. The Morgan fingerprint density at radius 1 is 1.26 bits per heavy atom. The van der Waals surface area contributed by atoms with E-state index >= 15 is 0 Å². The Bertz CT molecular complexity index is 392. The third-order valence-electron chi connectivity index (χ3n) is 4.40. The molecule has 1 amide bonds. The van der Waals surface area contributed by atoms with E-state index in [9.17, 15) is 9.90 Å². The van der Waals surface area contributed by atoms with Crippen molar-refractivity contribution in [2.24, 2.45) is 5.92 Å². The first-order chi connectivity index (χ1) is 9.09. The van der Waals surface area contributed by atoms with E-state index in [0.29, 0.717) is 12.3 Å². The number of amides is 1. The fraction of sp³-hybridized carbons (Fsp3) is 0.688. The smallest absolute Gasteiger partial charge is 0.226 e. The highest BCUT2D eigenvalue weighted by atomic mass is 16.3. The molecule has 1 heterocycles. The molecule has 1 saturated heterocycles. The Labute approximate surface area is 116 Å². The van der Waals surface area contributed by atoms with Crippen molar-refractivity contribution >= 4 is 5.91 Å². The lowest BCUT2D eigenvalue weighted by Crippen LogP contribution is -2.22. The second-order valence-corrected chi connectivity index (χ2v) is 5.86. The molecule has 1 unspecified atom stereocenters. The van der Waals surface area contributed by atoms with Crippen LogP contribution in [0.4, 0.5) is 0 Å². The van der Waals surface area contributed by atoms with Crippen LogP contribution in [-0.2, 0) is 4.79 Å². The van der Waals surface area contributed by atoms with E-state index < -0.39 is 0 Å². The molecule has 0 aromatic rings. The molecule has 2 rings (SSSR count). The summed E-state index contributed by atoms with van der Waals surface area (Å²) in [6.07, 6.45) is 10.0. The van der Waals surface area contributed by atoms with Crippen molar-refractivity contribution in [3.8, 4) is 0 Å². The molecule has 1 aliphatic heterocycles. The summed E-state index contributed by atoms with van der Waals surface area (Å²) in [4.78, 5) is 13.5. The third kappa shape index (κ3) is 3.47. The molecule has 1 N–H and O–H groups in total. The van der Waals surface area contributed by atoms with Crippen LogP contribution in [0.15, 0.2) is 23.4 Å². The topological polar surface area (TPSA) is 40.5 Å². The quantitative estimate of drug-likeness (QED) is 0.792. The summed E-state index contributed by atoms with van der Waals surface area (Å²) < 4.78 is 0. The molecule has 19 heavy (non-hydrogen) atoms. The van der Waals surface area contributed by atoms with Crippen molar-refractivity contribution in [2.45, 2.75) is 58.5 Å². The minimum atomic E-state index is -0.319. The van der Waals surface area contributed by atoms with Crippen molar-refractivity contribution in [1.82, 2.24) is 4.90 Å². The molecule has 106 valence electrons. The van der Waals surface area contributed by atoms with Gasteiger partial charge in [-0.15, -0.1) is 0 Å². The Kier molecular flexibility index (Phi) is 4.81. The van der Waals surface area contributed by atoms with Crippen LogP contribution < -0.4 is 0 Å². The molecule has 2 fully saturated rings. The summed E-state index contributed by atoms with van der Waals surface area (Å²) in [5.74, 6) is 0.648. The van der Waals surface area contributed by atoms with Crippen LogP contribution in [0.5, 0.6) is 0 Å². The van der Waals surface area contributed by atoms with Gasteiger partial charge < -0.3 is 10.0 Å². The molecule has 0 spiro atoms. The lowest BCUT2D eigenvalue weighted by molar-refractivity contribution is -0.126. The lowest BCUT2D eigenvalue weighted by Gasteiger charge is -2.19. The first kappa shape index (κ1) is 14.3. The number of carbonyl (C=O) groups is 1. The van der Waals surface area contributed by atoms with Crippen LogP contribution >= 0.6 is 0 Å². The minimum Gasteiger partial charge on any atom is -0.388 e. The highest BCUT2D eigenvalue weighted by Crippen LogP contribution is 2.30. The predicted octanol–water partition coefficient (Wildman–Crippen LogP) is 3.01. The van der Waals surface area contributed by atoms with Gasteiger partial charge in [-0.3, -0.25) is 4.79 Å². The van der Waals surface area contributed by atoms with Crippen LogP contribution in [0.1, 0.15) is 52.4 Å². The Hall–Kier alpha value is -1.09. The SMILES string of the molecule is C/C(=C\C=C(/C)N1CCCC1=O)C(O)C1CCCC1. The molecule has 1 saturated carbocycles. The number of aliphatic hydroxyl groups is 1. The lowest BCUT2D eigenvalue weighted by atomic mass is 9.95. The minimum absolute atomic E-state index is 0.219. The Morgan fingerprint density at radius 2 is 1.95 bits per heavy atom. The summed E-state index contributed by atoms with van der Waals surface area (Å²) in [7, 11) is 0. The number of aliphatic hydroxyl groups excluding tert-OH is 1. The molecule has 0 bridgehead atoms. The maximum atomic E-state index is 11.6. The number of hydrogen-bond donors (Lipinski definition) is 1. The van der Waals surface area contributed by atoms with Crippen LogP contribution in [0.25, 0.3) is 0 Å².